The highest BCUT2D eigenvalue weighted by Crippen LogP contribution is 2.51. The fourth-order valence-electron chi connectivity index (χ4n) is 1.96. The summed E-state index contributed by atoms with van der Waals surface area (Å²) in [5.41, 5.74) is 0. The van der Waals surface area contributed by atoms with Crippen LogP contribution in [-0.2, 0) is 9.59 Å². The average molecular weight is 236 g/mol. The van der Waals surface area contributed by atoms with E-state index < -0.39 is 16.8 Å². The molecule has 0 bridgehead atoms. The summed E-state index contributed by atoms with van der Waals surface area (Å²) in [5, 5.41) is 9.07. The van der Waals surface area contributed by atoms with Crippen molar-refractivity contribution in [1.82, 2.24) is 4.90 Å². The molecule has 0 unspecified atom stereocenters. The second-order valence-electron chi connectivity index (χ2n) is 3.76. The summed E-state index contributed by atoms with van der Waals surface area (Å²) in [6.07, 6.45) is 0.445. The fourth-order valence-corrected chi connectivity index (χ4v) is 3.91. The predicted octanol–water partition coefficient (Wildman–Crippen LogP) is 0.742. The smallest absolute Gasteiger partial charge is 0.327 e. The van der Waals surface area contributed by atoms with Crippen molar-refractivity contribution >= 4 is 35.2 Å². The number of fused-ring (bicyclic) bond motifs is 1. The molecule has 2 rings (SSSR count). The number of amides is 1. The predicted molar refractivity (Wildman–Crippen MR) is 53.4 cm³/mol. The van der Waals surface area contributed by atoms with Gasteiger partial charge in [-0.2, -0.15) is 0 Å². The van der Waals surface area contributed by atoms with Gasteiger partial charge < -0.3 is 10.0 Å². The number of carboxylic acid groups (broad SMARTS) is 1. The number of carbonyl (C=O) groups is 2. The van der Waals surface area contributed by atoms with Gasteiger partial charge in [0, 0.05) is 5.88 Å². The van der Waals surface area contributed by atoms with E-state index >= 15 is 0 Å². The van der Waals surface area contributed by atoms with Gasteiger partial charge in [0.1, 0.15) is 6.04 Å². The first-order chi connectivity index (χ1) is 6.49. The zero-order chi connectivity index (χ0) is 10.5. The number of rotatable bonds is 2. The summed E-state index contributed by atoms with van der Waals surface area (Å²) in [7, 11) is 0. The van der Waals surface area contributed by atoms with E-state index in [1.807, 2.05) is 0 Å². The van der Waals surface area contributed by atoms with Crippen molar-refractivity contribution in [2.45, 2.75) is 29.5 Å². The third kappa shape index (κ3) is 1.15. The fraction of sp³-hybridized carbons (Fsp3) is 0.750. The first kappa shape index (κ1) is 10.1. The van der Waals surface area contributed by atoms with Gasteiger partial charge in [-0.25, -0.2) is 4.79 Å². The summed E-state index contributed by atoms with van der Waals surface area (Å²) in [6.45, 7) is 1.80. The minimum atomic E-state index is -0.962. The molecule has 0 radical (unpaired) electrons. The van der Waals surface area contributed by atoms with Gasteiger partial charge in [0.05, 0.1) is 16.5 Å². The molecule has 0 aromatic carbocycles. The van der Waals surface area contributed by atoms with E-state index in [0.717, 1.165) is 0 Å². The van der Waals surface area contributed by atoms with Gasteiger partial charge >= 0.3 is 5.97 Å². The highest BCUT2D eigenvalue weighted by molar-refractivity contribution is 8.01. The van der Waals surface area contributed by atoms with Crippen LogP contribution in [0.1, 0.15) is 13.3 Å². The van der Waals surface area contributed by atoms with Crippen molar-refractivity contribution in [2.24, 2.45) is 0 Å². The molecule has 2 aliphatic heterocycles. The normalized spacial score (nSPS) is 40.7. The van der Waals surface area contributed by atoms with Gasteiger partial charge in [-0.05, 0) is 6.92 Å². The van der Waals surface area contributed by atoms with Crippen LogP contribution >= 0.6 is 23.4 Å². The number of hydrogen-bond acceptors (Lipinski definition) is 3. The first-order valence-corrected chi connectivity index (χ1v) is 5.69. The molecule has 3 atom stereocenters. The van der Waals surface area contributed by atoms with E-state index in [9.17, 15) is 9.59 Å². The Morgan fingerprint density at radius 1 is 1.86 bits per heavy atom. The minimum Gasteiger partial charge on any atom is -0.480 e. The molecule has 2 saturated heterocycles. The van der Waals surface area contributed by atoms with E-state index in [-0.39, 0.29) is 17.2 Å². The number of β-lactam (4-membered cyclic amide) rings is 1. The quantitative estimate of drug-likeness (QED) is 0.567. The molecule has 0 aliphatic carbocycles. The molecule has 1 N–H and O–H groups in total. The number of alkyl halides is 1. The van der Waals surface area contributed by atoms with Gasteiger partial charge in [-0.15, -0.1) is 23.4 Å². The highest BCUT2D eigenvalue weighted by atomic mass is 35.5. The zero-order valence-electron chi connectivity index (χ0n) is 7.57. The molecule has 0 aromatic rings. The van der Waals surface area contributed by atoms with Gasteiger partial charge in [-0.1, -0.05) is 0 Å². The van der Waals surface area contributed by atoms with Crippen LogP contribution < -0.4 is 0 Å². The minimum absolute atomic E-state index is 0.0207. The molecule has 6 heteroatoms. The van der Waals surface area contributed by atoms with E-state index in [1.54, 1.807) is 6.92 Å². The summed E-state index contributed by atoms with van der Waals surface area (Å²) in [6, 6.07) is -0.767. The summed E-state index contributed by atoms with van der Waals surface area (Å²) < 4.78 is -0.551. The van der Waals surface area contributed by atoms with Gasteiger partial charge in [-0.3, -0.25) is 4.79 Å². The van der Waals surface area contributed by atoms with Crippen LogP contribution in [0, 0.1) is 0 Å². The van der Waals surface area contributed by atoms with E-state index in [4.69, 9.17) is 16.7 Å². The van der Waals surface area contributed by atoms with Crippen molar-refractivity contribution in [3.8, 4) is 0 Å². The Labute approximate surface area is 90.6 Å². The lowest BCUT2D eigenvalue weighted by Gasteiger charge is -2.36. The Bertz CT molecular complexity index is 311. The number of aliphatic carboxylic acids is 1. The lowest BCUT2D eigenvalue weighted by molar-refractivity contribution is -0.157. The first-order valence-electron chi connectivity index (χ1n) is 4.27. The molecule has 2 aliphatic rings. The molecule has 0 saturated carbocycles. The summed E-state index contributed by atoms with van der Waals surface area (Å²) in [5.74, 6) is -0.797. The summed E-state index contributed by atoms with van der Waals surface area (Å²) in [4.78, 5) is 23.7. The number of carbonyl (C=O) groups excluding carboxylic acids is 1. The van der Waals surface area contributed by atoms with Crippen LogP contribution in [0.4, 0.5) is 0 Å². The Morgan fingerprint density at radius 3 is 2.93 bits per heavy atom. The van der Waals surface area contributed by atoms with Crippen molar-refractivity contribution in [3.63, 3.8) is 0 Å². The van der Waals surface area contributed by atoms with Gasteiger partial charge in [0.25, 0.3) is 0 Å². The van der Waals surface area contributed by atoms with Crippen LogP contribution in [0.15, 0.2) is 0 Å². The van der Waals surface area contributed by atoms with Crippen LogP contribution in [0.25, 0.3) is 0 Å². The Morgan fingerprint density at radius 2 is 2.50 bits per heavy atom. The maximum absolute atomic E-state index is 11.2. The standard InChI is InChI=1S/C8H10ClNO3S/c1-8(3-9)6(7(12)13)10-4(11)2-5(10)14-8/h5-6H,2-3H2,1H3,(H,12,13)/t5-,6+,8+/m1/s1. The van der Waals surface area contributed by atoms with Crippen LogP contribution in [0.5, 0.6) is 0 Å². The Balaban J connectivity index is 2.31. The molecule has 1 amide bonds. The monoisotopic (exact) mass is 235 g/mol. The SMILES string of the molecule is C[C@@]1(CCl)S[C@@H]2CC(=O)N2[C@H]1C(=O)O. The molecule has 4 nitrogen and oxygen atoms in total. The maximum Gasteiger partial charge on any atom is 0.327 e. The molecule has 14 heavy (non-hydrogen) atoms. The summed E-state index contributed by atoms with van der Waals surface area (Å²) >= 11 is 7.27. The van der Waals surface area contributed by atoms with E-state index in [2.05, 4.69) is 0 Å². The van der Waals surface area contributed by atoms with E-state index in [0.29, 0.717) is 6.42 Å². The number of hydrogen-bond donors (Lipinski definition) is 1. The van der Waals surface area contributed by atoms with Crippen LogP contribution in [-0.4, -0.2) is 43.9 Å². The molecule has 0 aromatic heterocycles. The maximum atomic E-state index is 11.2. The third-order valence-corrected chi connectivity index (χ3v) is 4.99. The molecule has 78 valence electrons. The largest absolute Gasteiger partial charge is 0.480 e. The molecule has 2 fully saturated rings. The lowest BCUT2D eigenvalue weighted by Crippen LogP contribution is -2.57. The topological polar surface area (TPSA) is 57.6 Å². The van der Waals surface area contributed by atoms with Crippen LogP contribution in [0.2, 0.25) is 0 Å². The average Bonchev–Trinajstić information content (AvgIpc) is 2.35. The Hall–Kier alpha value is -0.420. The van der Waals surface area contributed by atoms with Crippen LogP contribution in [0.3, 0.4) is 0 Å². The third-order valence-electron chi connectivity index (χ3n) is 2.71. The number of halogens is 1. The molecular weight excluding hydrogens is 226 g/mol. The molecule has 0 spiro atoms. The highest BCUT2D eigenvalue weighted by Gasteiger charge is 2.60. The van der Waals surface area contributed by atoms with Crippen molar-refractivity contribution in [2.75, 3.05) is 5.88 Å². The molecular formula is C8H10ClNO3S. The van der Waals surface area contributed by atoms with E-state index in [1.165, 1.54) is 16.7 Å². The number of thioether (sulfide) groups is 1. The van der Waals surface area contributed by atoms with Crippen molar-refractivity contribution in [3.05, 3.63) is 0 Å². The molecule has 2 heterocycles. The van der Waals surface area contributed by atoms with Gasteiger partial charge in [0.15, 0.2) is 0 Å². The van der Waals surface area contributed by atoms with Crippen molar-refractivity contribution in [1.29, 1.82) is 0 Å². The number of carboxylic acids is 1. The second-order valence-corrected chi connectivity index (χ2v) is 5.74. The van der Waals surface area contributed by atoms with Crippen molar-refractivity contribution < 1.29 is 14.7 Å². The Kier molecular flexibility index (Phi) is 2.19. The number of nitrogens with zero attached hydrogens (tertiary/aromatic N) is 1. The zero-order valence-corrected chi connectivity index (χ0v) is 9.14. The lowest BCUT2D eigenvalue weighted by atomic mass is 9.98. The van der Waals surface area contributed by atoms with Gasteiger partial charge in [0.2, 0.25) is 5.91 Å². The second kappa shape index (κ2) is 3.03.